The van der Waals surface area contributed by atoms with Gasteiger partial charge < -0.3 is 15.5 Å². The van der Waals surface area contributed by atoms with E-state index in [2.05, 4.69) is 10.6 Å². The largest absolute Gasteiger partial charge is 0.353 e. The minimum absolute atomic E-state index is 0.0590. The average molecular weight is 335 g/mol. The number of carbonyl (C=O) groups is 2. The Morgan fingerprint density at radius 2 is 1.71 bits per heavy atom. The van der Waals surface area contributed by atoms with Crippen LogP contribution in [0.2, 0.25) is 0 Å². The molecule has 3 aliphatic rings. The molecule has 1 unspecified atom stereocenters. The monoisotopic (exact) mass is 335 g/mol. The highest BCUT2D eigenvalue weighted by Crippen LogP contribution is 2.28. The van der Waals surface area contributed by atoms with E-state index in [1.54, 1.807) is 0 Å². The van der Waals surface area contributed by atoms with Gasteiger partial charge in [-0.05, 0) is 57.9 Å². The van der Waals surface area contributed by atoms with Crippen LogP contribution in [0.1, 0.15) is 64.7 Å². The number of nitrogens with one attached hydrogen (secondary N) is 2. The number of amides is 2. The molecule has 5 heteroatoms. The van der Waals surface area contributed by atoms with Crippen LogP contribution in [0.15, 0.2) is 0 Å². The third-order valence-corrected chi connectivity index (χ3v) is 5.84. The van der Waals surface area contributed by atoms with E-state index in [1.165, 1.54) is 12.8 Å². The summed E-state index contributed by atoms with van der Waals surface area (Å²) in [6.07, 6.45) is 9.65. The van der Waals surface area contributed by atoms with Crippen LogP contribution >= 0.6 is 0 Å². The molecule has 3 fully saturated rings. The molecule has 1 heterocycles. The molecule has 0 aromatic rings. The van der Waals surface area contributed by atoms with Crippen LogP contribution in [0.4, 0.5) is 0 Å². The number of nitrogens with zero attached hydrogens (tertiary/aromatic N) is 1. The standard InChI is InChI=1S/C19H33N3O2/c1-14(21-19(24)16-4-2-3-5-16)12-18(23)22-10-8-17(9-11-22)20-13-15-6-7-15/h14-17,20H,2-13H2,1H3,(H,21,24). The maximum Gasteiger partial charge on any atom is 0.224 e. The molecule has 0 aromatic heterocycles. The summed E-state index contributed by atoms with van der Waals surface area (Å²) in [4.78, 5) is 26.6. The zero-order chi connectivity index (χ0) is 16.9. The quantitative estimate of drug-likeness (QED) is 0.749. The van der Waals surface area contributed by atoms with Gasteiger partial charge in [0.25, 0.3) is 0 Å². The van der Waals surface area contributed by atoms with E-state index in [1.807, 2.05) is 11.8 Å². The molecule has 136 valence electrons. The normalized spacial score (nSPS) is 24.1. The van der Waals surface area contributed by atoms with E-state index in [9.17, 15) is 9.59 Å². The topological polar surface area (TPSA) is 61.4 Å². The third-order valence-electron chi connectivity index (χ3n) is 5.84. The second-order valence-electron chi connectivity index (χ2n) is 8.10. The SMILES string of the molecule is CC(CC(=O)N1CCC(NCC2CC2)CC1)NC(=O)C1CCCC1. The minimum atomic E-state index is -0.0590. The molecule has 2 saturated carbocycles. The van der Waals surface area contributed by atoms with Gasteiger partial charge in [0.15, 0.2) is 0 Å². The highest BCUT2D eigenvalue weighted by Gasteiger charge is 2.28. The minimum Gasteiger partial charge on any atom is -0.353 e. The molecule has 2 N–H and O–H groups in total. The number of hydrogen-bond donors (Lipinski definition) is 2. The van der Waals surface area contributed by atoms with Crippen molar-refractivity contribution >= 4 is 11.8 Å². The van der Waals surface area contributed by atoms with Crippen LogP contribution in [0, 0.1) is 11.8 Å². The smallest absolute Gasteiger partial charge is 0.224 e. The fraction of sp³-hybridized carbons (Fsp3) is 0.895. The molecular weight excluding hydrogens is 302 g/mol. The van der Waals surface area contributed by atoms with Gasteiger partial charge in [0.05, 0.1) is 0 Å². The van der Waals surface area contributed by atoms with Gasteiger partial charge in [0, 0.05) is 37.5 Å². The van der Waals surface area contributed by atoms with E-state index < -0.39 is 0 Å². The summed E-state index contributed by atoms with van der Waals surface area (Å²) in [7, 11) is 0. The highest BCUT2D eigenvalue weighted by atomic mass is 16.2. The third kappa shape index (κ3) is 5.20. The number of rotatable bonds is 7. The first-order valence-electron chi connectivity index (χ1n) is 9.93. The summed E-state index contributed by atoms with van der Waals surface area (Å²) in [5, 5.41) is 6.69. The second-order valence-corrected chi connectivity index (χ2v) is 8.10. The summed E-state index contributed by atoms with van der Waals surface area (Å²) in [5.74, 6) is 1.43. The molecule has 0 aromatic carbocycles. The first-order valence-corrected chi connectivity index (χ1v) is 9.93. The molecule has 3 rings (SSSR count). The van der Waals surface area contributed by atoms with Gasteiger partial charge in [-0.25, -0.2) is 0 Å². The Labute approximate surface area is 145 Å². The fourth-order valence-corrected chi connectivity index (χ4v) is 3.98. The molecule has 1 aliphatic heterocycles. The van der Waals surface area contributed by atoms with Crippen LogP contribution in [0.25, 0.3) is 0 Å². The molecule has 5 nitrogen and oxygen atoms in total. The van der Waals surface area contributed by atoms with Crippen molar-refractivity contribution in [3.05, 3.63) is 0 Å². The maximum absolute atomic E-state index is 12.4. The lowest BCUT2D eigenvalue weighted by atomic mass is 10.0. The zero-order valence-corrected chi connectivity index (χ0v) is 15.1. The maximum atomic E-state index is 12.4. The second kappa shape index (κ2) is 8.32. The summed E-state index contributed by atoms with van der Waals surface area (Å²) in [5.41, 5.74) is 0. The number of hydrogen-bond acceptors (Lipinski definition) is 3. The Morgan fingerprint density at radius 1 is 1.04 bits per heavy atom. The molecule has 24 heavy (non-hydrogen) atoms. The molecule has 0 bridgehead atoms. The van der Waals surface area contributed by atoms with Crippen molar-refractivity contribution in [3.63, 3.8) is 0 Å². The predicted molar refractivity (Wildman–Crippen MR) is 94.5 cm³/mol. The summed E-state index contributed by atoms with van der Waals surface area (Å²) >= 11 is 0. The van der Waals surface area contributed by atoms with Gasteiger partial charge in [-0.1, -0.05) is 12.8 Å². The van der Waals surface area contributed by atoms with Crippen molar-refractivity contribution in [2.45, 2.75) is 76.8 Å². The Morgan fingerprint density at radius 3 is 2.33 bits per heavy atom. The average Bonchev–Trinajstić information content (AvgIpc) is 3.23. The van der Waals surface area contributed by atoms with Crippen molar-refractivity contribution in [2.75, 3.05) is 19.6 Å². The zero-order valence-electron chi connectivity index (χ0n) is 15.1. The first kappa shape index (κ1) is 17.7. The van der Waals surface area contributed by atoms with Crippen LogP contribution in [-0.4, -0.2) is 48.4 Å². The first-order chi connectivity index (χ1) is 11.6. The van der Waals surface area contributed by atoms with Gasteiger partial charge in [-0.3, -0.25) is 9.59 Å². The van der Waals surface area contributed by atoms with Gasteiger partial charge in [-0.2, -0.15) is 0 Å². The number of piperidine rings is 1. The Kier molecular flexibility index (Phi) is 6.14. The lowest BCUT2D eigenvalue weighted by molar-refractivity contribution is -0.133. The van der Waals surface area contributed by atoms with Gasteiger partial charge >= 0.3 is 0 Å². The van der Waals surface area contributed by atoms with Crippen molar-refractivity contribution in [1.82, 2.24) is 15.5 Å². The Hall–Kier alpha value is -1.10. The van der Waals surface area contributed by atoms with E-state index in [-0.39, 0.29) is 23.8 Å². The lowest BCUT2D eigenvalue weighted by Crippen LogP contribution is -2.47. The predicted octanol–water partition coefficient (Wildman–Crippen LogP) is 2.06. The highest BCUT2D eigenvalue weighted by molar-refractivity contribution is 5.81. The van der Waals surface area contributed by atoms with Crippen molar-refractivity contribution in [3.8, 4) is 0 Å². The summed E-state index contributed by atoms with van der Waals surface area (Å²) < 4.78 is 0. The van der Waals surface area contributed by atoms with Crippen LogP contribution in [-0.2, 0) is 9.59 Å². The lowest BCUT2D eigenvalue weighted by Gasteiger charge is -2.33. The molecular formula is C19H33N3O2. The number of likely N-dealkylation sites (tertiary alicyclic amines) is 1. The molecule has 2 amide bonds. The van der Waals surface area contributed by atoms with Crippen LogP contribution in [0.3, 0.4) is 0 Å². The van der Waals surface area contributed by atoms with Gasteiger partial charge in [0.1, 0.15) is 0 Å². The van der Waals surface area contributed by atoms with E-state index in [4.69, 9.17) is 0 Å². The summed E-state index contributed by atoms with van der Waals surface area (Å²) in [6.45, 7) is 4.81. The molecule has 2 aliphatic carbocycles. The van der Waals surface area contributed by atoms with Crippen LogP contribution in [0.5, 0.6) is 0 Å². The van der Waals surface area contributed by atoms with Crippen molar-refractivity contribution < 1.29 is 9.59 Å². The van der Waals surface area contributed by atoms with Gasteiger partial charge in [0.2, 0.25) is 11.8 Å². The van der Waals surface area contributed by atoms with Crippen LogP contribution < -0.4 is 10.6 Å². The Bertz CT molecular complexity index is 436. The van der Waals surface area contributed by atoms with E-state index in [0.717, 1.165) is 64.1 Å². The molecule has 1 saturated heterocycles. The van der Waals surface area contributed by atoms with E-state index in [0.29, 0.717) is 12.5 Å². The molecule has 0 radical (unpaired) electrons. The molecule has 0 spiro atoms. The summed E-state index contributed by atoms with van der Waals surface area (Å²) in [6, 6.07) is 0.519. The fourth-order valence-electron chi connectivity index (χ4n) is 3.98. The van der Waals surface area contributed by atoms with Crippen molar-refractivity contribution in [2.24, 2.45) is 11.8 Å². The number of carbonyl (C=O) groups excluding carboxylic acids is 2. The van der Waals surface area contributed by atoms with E-state index >= 15 is 0 Å². The van der Waals surface area contributed by atoms with Gasteiger partial charge in [-0.15, -0.1) is 0 Å². The van der Waals surface area contributed by atoms with Crippen molar-refractivity contribution in [1.29, 1.82) is 0 Å². The molecule has 1 atom stereocenters. The Balaban J connectivity index is 1.33.